The molecule has 1 aromatic carbocycles. The third kappa shape index (κ3) is 2.13. The monoisotopic (exact) mass is 257 g/mol. The Kier molecular flexibility index (Phi) is 2.64. The molecule has 0 bridgehead atoms. The third-order valence-corrected chi connectivity index (χ3v) is 2.60. The molecular formula is C12H11N5O2. The average molecular weight is 257 g/mol. The number of benzene rings is 1. The molecule has 7 heteroatoms. The van der Waals surface area contributed by atoms with Gasteiger partial charge in [-0.25, -0.2) is 0 Å². The average Bonchev–Trinajstić information content (AvgIpc) is 3.07. The molecule has 0 radical (unpaired) electrons. The first-order valence-corrected chi connectivity index (χ1v) is 5.55. The highest BCUT2D eigenvalue weighted by atomic mass is 16.5. The van der Waals surface area contributed by atoms with Gasteiger partial charge in [-0.2, -0.15) is 10.1 Å². The zero-order valence-corrected chi connectivity index (χ0v) is 10.1. The minimum absolute atomic E-state index is 0.343. The van der Waals surface area contributed by atoms with Crippen LogP contribution < -0.4 is 10.5 Å². The standard InChI is InChI=1S/C12H11N5O2/c1-18-8-4-2-7(3-5-8)11-14-12(19-17-11)9-6-10(13)16-15-9/h2-6H,1H3,(H3,13,15,16). The van der Waals surface area contributed by atoms with Gasteiger partial charge in [-0.15, -0.1) is 0 Å². The second kappa shape index (κ2) is 4.45. The molecular weight excluding hydrogens is 246 g/mol. The molecule has 0 aliphatic carbocycles. The molecule has 2 aromatic heterocycles. The summed E-state index contributed by atoms with van der Waals surface area (Å²) in [4.78, 5) is 4.27. The van der Waals surface area contributed by atoms with E-state index in [2.05, 4.69) is 20.3 Å². The fraction of sp³-hybridized carbons (Fsp3) is 0.0833. The van der Waals surface area contributed by atoms with Gasteiger partial charge in [0.1, 0.15) is 17.3 Å². The van der Waals surface area contributed by atoms with E-state index in [1.54, 1.807) is 13.2 Å². The van der Waals surface area contributed by atoms with Crippen molar-refractivity contribution in [3.63, 3.8) is 0 Å². The summed E-state index contributed by atoms with van der Waals surface area (Å²) in [6, 6.07) is 9.01. The Morgan fingerprint density at radius 3 is 2.68 bits per heavy atom. The summed E-state index contributed by atoms with van der Waals surface area (Å²) in [6.45, 7) is 0. The normalized spacial score (nSPS) is 10.6. The van der Waals surface area contributed by atoms with Crippen molar-refractivity contribution >= 4 is 5.82 Å². The highest BCUT2D eigenvalue weighted by Gasteiger charge is 2.12. The van der Waals surface area contributed by atoms with Crippen LogP contribution in [-0.4, -0.2) is 27.4 Å². The number of nitrogens with zero attached hydrogens (tertiary/aromatic N) is 3. The van der Waals surface area contributed by atoms with E-state index < -0.39 is 0 Å². The number of rotatable bonds is 3. The molecule has 19 heavy (non-hydrogen) atoms. The SMILES string of the molecule is COc1ccc(-c2noc(-c3cc(N)n[nH]3)n2)cc1. The fourth-order valence-corrected chi connectivity index (χ4v) is 1.64. The van der Waals surface area contributed by atoms with Crippen LogP contribution in [0, 0.1) is 0 Å². The first kappa shape index (κ1) is 11.3. The molecule has 96 valence electrons. The third-order valence-electron chi connectivity index (χ3n) is 2.60. The van der Waals surface area contributed by atoms with Gasteiger partial charge in [0, 0.05) is 11.6 Å². The quantitative estimate of drug-likeness (QED) is 0.740. The fourth-order valence-electron chi connectivity index (χ4n) is 1.64. The van der Waals surface area contributed by atoms with Gasteiger partial charge in [0.25, 0.3) is 5.89 Å². The maximum atomic E-state index is 5.52. The summed E-state index contributed by atoms with van der Waals surface area (Å²) in [5, 5.41) is 10.4. The molecule has 0 amide bonds. The minimum Gasteiger partial charge on any atom is -0.497 e. The summed E-state index contributed by atoms with van der Waals surface area (Å²) in [5.74, 6) is 1.98. The lowest BCUT2D eigenvalue weighted by Crippen LogP contribution is -1.84. The number of aromatic nitrogens is 4. The van der Waals surface area contributed by atoms with Crippen LogP contribution in [0.15, 0.2) is 34.9 Å². The number of hydrogen-bond acceptors (Lipinski definition) is 6. The van der Waals surface area contributed by atoms with Crippen molar-refractivity contribution in [2.45, 2.75) is 0 Å². The molecule has 0 saturated heterocycles. The lowest BCUT2D eigenvalue weighted by Gasteiger charge is -1.98. The Morgan fingerprint density at radius 2 is 2.05 bits per heavy atom. The van der Waals surface area contributed by atoms with E-state index in [0.29, 0.717) is 23.2 Å². The summed E-state index contributed by atoms with van der Waals surface area (Å²) < 4.78 is 10.2. The number of H-pyrrole nitrogens is 1. The van der Waals surface area contributed by atoms with Gasteiger partial charge in [0.2, 0.25) is 5.82 Å². The van der Waals surface area contributed by atoms with Crippen LogP contribution in [0.4, 0.5) is 5.82 Å². The zero-order chi connectivity index (χ0) is 13.2. The van der Waals surface area contributed by atoms with Gasteiger partial charge in [-0.1, -0.05) is 5.16 Å². The second-order valence-electron chi connectivity index (χ2n) is 3.86. The largest absolute Gasteiger partial charge is 0.497 e. The van der Waals surface area contributed by atoms with Crippen molar-refractivity contribution in [3.8, 4) is 28.7 Å². The molecule has 2 heterocycles. The lowest BCUT2D eigenvalue weighted by molar-refractivity contribution is 0.414. The van der Waals surface area contributed by atoms with Gasteiger partial charge in [0.15, 0.2) is 0 Å². The Hall–Kier alpha value is -2.83. The molecule has 3 aromatic rings. The van der Waals surface area contributed by atoms with Gasteiger partial charge in [0.05, 0.1) is 7.11 Å². The van der Waals surface area contributed by atoms with Crippen molar-refractivity contribution in [1.82, 2.24) is 20.3 Å². The van der Waals surface area contributed by atoms with Crippen LogP contribution >= 0.6 is 0 Å². The predicted molar refractivity (Wildman–Crippen MR) is 68.3 cm³/mol. The van der Waals surface area contributed by atoms with E-state index in [9.17, 15) is 0 Å². The highest BCUT2D eigenvalue weighted by Crippen LogP contribution is 2.23. The van der Waals surface area contributed by atoms with Gasteiger partial charge >= 0.3 is 0 Å². The Balaban J connectivity index is 1.91. The molecule has 3 N–H and O–H groups in total. The summed E-state index contributed by atoms with van der Waals surface area (Å²) in [6.07, 6.45) is 0. The Labute approximate surface area is 108 Å². The molecule has 0 aliphatic rings. The van der Waals surface area contributed by atoms with Gasteiger partial charge in [-0.05, 0) is 24.3 Å². The number of methoxy groups -OCH3 is 1. The van der Waals surface area contributed by atoms with Crippen LogP contribution in [-0.2, 0) is 0 Å². The summed E-state index contributed by atoms with van der Waals surface area (Å²) >= 11 is 0. The predicted octanol–water partition coefficient (Wildman–Crippen LogP) is 1.72. The van der Waals surface area contributed by atoms with Crippen LogP contribution in [0.5, 0.6) is 5.75 Å². The van der Waals surface area contributed by atoms with Crippen molar-refractivity contribution in [2.24, 2.45) is 0 Å². The Bertz CT molecular complexity index is 686. The van der Waals surface area contributed by atoms with Crippen molar-refractivity contribution in [1.29, 1.82) is 0 Å². The van der Waals surface area contributed by atoms with Crippen LogP contribution in [0.1, 0.15) is 0 Å². The van der Waals surface area contributed by atoms with E-state index >= 15 is 0 Å². The van der Waals surface area contributed by atoms with Crippen LogP contribution in [0.2, 0.25) is 0 Å². The number of aromatic amines is 1. The van der Waals surface area contributed by atoms with E-state index in [4.69, 9.17) is 15.0 Å². The number of nitrogen functional groups attached to an aromatic ring is 1. The molecule has 0 fully saturated rings. The maximum Gasteiger partial charge on any atom is 0.276 e. The van der Waals surface area contributed by atoms with Crippen molar-refractivity contribution < 1.29 is 9.26 Å². The lowest BCUT2D eigenvalue weighted by atomic mass is 10.2. The topological polar surface area (TPSA) is 103 Å². The number of nitrogens with one attached hydrogen (secondary N) is 1. The molecule has 0 saturated carbocycles. The first-order chi connectivity index (χ1) is 9.26. The van der Waals surface area contributed by atoms with Crippen molar-refractivity contribution in [3.05, 3.63) is 30.3 Å². The summed E-state index contributed by atoms with van der Waals surface area (Å²) in [7, 11) is 1.62. The highest BCUT2D eigenvalue weighted by molar-refractivity contribution is 5.59. The minimum atomic E-state index is 0.343. The molecule has 0 unspecified atom stereocenters. The van der Waals surface area contributed by atoms with Crippen molar-refractivity contribution in [2.75, 3.05) is 12.8 Å². The first-order valence-electron chi connectivity index (χ1n) is 5.55. The number of nitrogens with two attached hydrogens (primary N) is 1. The Morgan fingerprint density at radius 1 is 1.26 bits per heavy atom. The molecule has 3 rings (SSSR count). The smallest absolute Gasteiger partial charge is 0.276 e. The van der Waals surface area contributed by atoms with Crippen LogP contribution in [0.3, 0.4) is 0 Å². The van der Waals surface area contributed by atoms with Gasteiger partial charge < -0.3 is 15.0 Å². The molecule has 0 aliphatic heterocycles. The molecule has 0 atom stereocenters. The number of ether oxygens (including phenoxy) is 1. The van der Waals surface area contributed by atoms with E-state index in [0.717, 1.165) is 11.3 Å². The number of anilines is 1. The van der Waals surface area contributed by atoms with E-state index in [1.807, 2.05) is 24.3 Å². The van der Waals surface area contributed by atoms with Crippen LogP contribution in [0.25, 0.3) is 23.0 Å². The second-order valence-corrected chi connectivity index (χ2v) is 3.86. The molecule has 0 spiro atoms. The van der Waals surface area contributed by atoms with E-state index in [-0.39, 0.29) is 0 Å². The van der Waals surface area contributed by atoms with Gasteiger partial charge in [-0.3, -0.25) is 5.10 Å². The summed E-state index contributed by atoms with van der Waals surface area (Å²) in [5.41, 5.74) is 6.94. The number of hydrogen-bond donors (Lipinski definition) is 2. The molecule has 7 nitrogen and oxygen atoms in total. The zero-order valence-electron chi connectivity index (χ0n) is 10.1. The maximum absolute atomic E-state index is 5.52. The van der Waals surface area contributed by atoms with E-state index in [1.165, 1.54) is 0 Å².